The Bertz CT molecular complexity index is 927. The van der Waals surface area contributed by atoms with Crippen molar-refractivity contribution < 1.29 is 19.1 Å². The van der Waals surface area contributed by atoms with Gasteiger partial charge in [-0.15, -0.1) is 0 Å². The van der Waals surface area contributed by atoms with Crippen molar-refractivity contribution in [1.29, 1.82) is 0 Å². The van der Waals surface area contributed by atoms with Gasteiger partial charge in [0.1, 0.15) is 11.5 Å². The van der Waals surface area contributed by atoms with E-state index in [4.69, 9.17) is 44.9 Å². The van der Waals surface area contributed by atoms with Gasteiger partial charge in [-0.3, -0.25) is 25.8 Å². The van der Waals surface area contributed by atoms with Crippen LogP contribution in [-0.4, -0.2) is 30.1 Å². The average Bonchev–Trinajstić information content (AvgIpc) is 2.75. The zero-order valence-corrected chi connectivity index (χ0v) is 19.2. The second-order valence-corrected chi connectivity index (χ2v) is 7.61. The molecule has 2 amide bonds. The van der Waals surface area contributed by atoms with Gasteiger partial charge in [-0.1, -0.05) is 36.2 Å². The topological polar surface area (TPSA) is 88.7 Å². The highest BCUT2D eigenvalue weighted by atomic mass is 35.5. The molecule has 0 fully saturated rings. The number of ether oxygens (including phenoxy) is 2. The van der Waals surface area contributed by atoms with Gasteiger partial charge in [0, 0.05) is 17.0 Å². The number of thiocarbonyl (C=S) groups is 1. The van der Waals surface area contributed by atoms with Crippen LogP contribution in [-0.2, 0) is 4.79 Å². The van der Waals surface area contributed by atoms with Crippen LogP contribution in [0.1, 0.15) is 36.5 Å². The van der Waals surface area contributed by atoms with Crippen LogP contribution in [0, 0.1) is 0 Å². The van der Waals surface area contributed by atoms with Gasteiger partial charge in [0.25, 0.3) is 5.91 Å². The Labute approximate surface area is 196 Å². The predicted octanol–water partition coefficient (Wildman–Crippen LogP) is 4.28. The lowest BCUT2D eigenvalue weighted by molar-refractivity contribution is -0.121. The molecule has 166 valence electrons. The minimum atomic E-state index is -0.415. The number of amides is 2. The number of halogens is 2. The normalized spacial score (nSPS) is 10.2. The lowest BCUT2D eigenvalue weighted by Gasteiger charge is -2.12. The van der Waals surface area contributed by atoms with Crippen LogP contribution >= 0.6 is 35.4 Å². The third-order valence-corrected chi connectivity index (χ3v) is 4.55. The third-order valence-electron chi connectivity index (χ3n) is 3.81. The summed E-state index contributed by atoms with van der Waals surface area (Å²) in [5, 5.41) is 3.39. The van der Waals surface area contributed by atoms with Crippen LogP contribution in [0.15, 0.2) is 42.5 Å². The van der Waals surface area contributed by atoms with Crippen LogP contribution in [0.5, 0.6) is 11.5 Å². The first-order valence-electron chi connectivity index (χ1n) is 9.60. The molecule has 2 aromatic carbocycles. The summed E-state index contributed by atoms with van der Waals surface area (Å²) < 4.78 is 11.0. The molecule has 3 N–H and O–H groups in total. The van der Waals surface area contributed by atoms with E-state index in [1.54, 1.807) is 42.5 Å². The molecule has 2 rings (SSSR count). The molecule has 31 heavy (non-hydrogen) atoms. The summed E-state index contributed by atoms with van der Waals surface area (Å²) in [7, 11) is 0. The van der Waals surface area contributed by atoms with Gasteiger partial charge < -0.3 is 9.47 Å². The molecule has 7 nitrogen and oxygen atoms in total. The molecule has 0 aromatic heterocycles. The van der Waals surface area contributed by atoms with Crippen molar-refractivity contribution in [2.24, 2.45) is 0 Å². The lowest BCUT2D eigenvalue weighted by Crippen LogP contribution is -2.48. The fourth-order valence-corrected chi connectivity index (χ4v) is 2.96. The van der Waals surface area contributed by atoms with E-state index in [1.807, 2.05) is 6.92 Å². The van der Waals surface area contributed by atoms with E-state index in [2.05, 4.69) is 16.2 Å². The van der Waals surface area contributed by atoms with Crippen molar-refractivity contribution in [3.05, 3.63) is 58.1 Å². The van der Waals surface area contributed by atoms with E-state index < -0.39 is 5.91 Å². The minimum Gasteiger partial charge on any atom is -0.494 e. The number of hydrogen-bond acceptors (Lipinski definition) is 5. The molecule has 0 atom stereocenters. The van der Waals surface area contributed by atoms with Crippen molar-refractivity contribution in [3.63, 3.8) is 0 Å². The lowest BCUT2D eigenvalue weighted by atomic mass is 10.2. The number of hydrogen-bond donors (Lipinski definition) is 3. The first-order valence-corrected chi connectivity index (χ1v) is 10.8. The zero-order valence-electron chi connectivity index (χ0n) is 16.9. The van der Waals surface area contributed by atoms with Gasteiger partial charge in [0.05, 0.1) is 18.2 Å². The van der Waals surface area contributed by atoms with Crippen molar-refractivity contribution in [2.75, 3.05) is 13.2 Å². The van der Waals surface area contributed by atoms with E-state index in [-0.39, 0.29) is 17.4 Å². The summed E-state index contributed by atoms with van der Waals surface area (Å²) in [4.78, 5) is 24.2. The molecule has 0 aliphatic heterocycles. The third kappa shape index (κ3) is 9.00. The van der Waals surface area contributed by atoms with Gasteiger partial charge in [0.2, 0.25) is 5.91 Å². The van der Waals surface area contributed by atoms with Crippen LogP contribution in [0.3, 0.4) is 0 Å². The molecule has 0 saturated carbocycles. The molecule has 0 radical (unpaired) electrons. The predicted molar refractivity (Wildman–Crippen MR) is 125 cm³/mol. The average molecular weight is 484 g/mol. The highest BCUT2D eigenvalue weighted by Crippen LogP contribution is 2.27. The Morgan fingerprint density at radius 1 is 1.03 bits per heavy atom. The Morgan fingerprint density at radius 3 is 2.58 bits per heavy atom. The summed E-state index contributed by atoms with van der Waals surface area (Å²) in [5.41, 5.74) is 5.32. The molecule has 0 heterocycles. The highest BCUT2D eigenvalue weighted by molar-refractivity contribution is 7.80. The standard InChI is InChI=1S/C21H23Cl2N3O4S/c1-2-10-29-16-6-3-5-14(12-16)20(28)24-21(31)26-25-19(27)7-4-11-30-18-9-8-15(22)13-17(18)23/h3,5-6,8-9,12-13H,2,4,7,10-11H2,1H3,(H,25,27)(H2,24,26,28,31). The van der Waals surface area contributed by atoms with Gasteiger partial charge >= 0.3 is 0 Å². The molecule has 0 bridgehead atoms. The van der Waals surface area contributed by atoms with Crippen LogP contribution in [0.4, 0.5) is 0 Å². The van der Waals surface area contributed by atoms with Crippen molar-refractivity contribution >= 4 is 52.3 Å². The maximum absolute atomic E-state index is 12.3. The van der Waals surface area contributed by atoms with Crippen molar-refractivity contribution in [1.82, 2.24) is 16.2 Å². The van der Waals surface area contributed by atoms with Crippen LogP contribution < -0.4 is 25.6 Å². The minimum absolute atomic E-state index is 0.0255. The van der Waals surface area contributed by atoms with Crippen LogP contribution in [0.2, 0.25) is 10.0 Å². The van der Waals surface area contributed by atoms with Gasteiger partial charge in [-0.2, -0.15) is 0 Å². The van der Waals surface area contributed by atoms with Gasteiger partial charge in [-0.05, 0) is 61.5 Å². The Morgan fingerprint density at radius 2 is 1.84 bits per heavy atom. The summed E-state index contributed by atoms with van der Waals surface area (Å²) >= 11 is 16.9. The van der Waals surface area contributed by atoms with Gasteiger partial charge in [0.15, 0.2) is 5.11 Å². The molecular formula is C21H23Cl2N3O4S. The molecule has 0 unspecified atom stereocenters. The van der Waals surface area contributed by atoms with E-state index in [0.717, 1.165) is 6.42 Å². The molecule has 2 aromatic rings. The maximum Gasteiger partial charge on any atom is 0.257 e. The van der Waals surface area contributed by atoms with E-state index >= 15 is 0 Å². The molecule has 0 spiro atoms. The number of hydrazine groups is 1. The van der Waals surface area contributed by atoms with E-state index in [1.165, 1.54) is 0 Å². The molecule has 10 heteroatoms. The molecule has 0 aliphatic rings. The van der Waals surface area contributed by atoms with Crippen molar-refractivity contribution in [2.45, 2.75) is 26.2 Å². The second-order valence-electron chi connectivity index (χ2n) is 6.36. The summed E-state index contributed by atoms with van der Waals surface area (Å²) in [6.07, 6.45) is 1.51. The Hall–Kier alpha value is -2.55. The summed E-state index contributed by atoms with van der Waals surface area (Å²) in [5.74, 6) is 0.376. The van der Waals surface area contributed by atoms with E-state index in [9.17, 15) is 9.59 Å². The maximum atomic E-state index is 12.3. The number of benzene rings is 2. The molecule has 0 saturated heterocycles. The SMILES string of the molecule is CCCOc1cccc(C(=O)NC(=S)NNC(=O)CCCOc2ccc(Cl)cc2Cl)c1. The quantitative estimate of drug-likeness (QED) is 0.280. The Kier molecular flexibility index (Phi) is 10.4. The highest BCUT2D eigenvalue weighted by Gasteiger charge is 2.10. The number of nitrogens with one attached hydrogen (secondary N) is 3. The first-order chi connectivity index (χ1) is 14.9. The summed E-state index contributed by atoms with van der Waals surface area (Å²) in [6.45, 7) is 2.86. The number of rotatable bonds is 9. The largest absolute Gasteiger partial charge is 0.494 e. The number of carbonyl (C=O) groups is 2. The molecule has 0 aliphatic carbocycles. The fraction of sp³-hybridized carbons (Fsp3) is 0.286. The number of carbonyl (C=O) groups excluding carboxylic acids is 2. The van der Waals surface area contributed by atoms with Crippen LogP contribution in [0.25, 0.3) is 0 Å². The van der Waals surface area contributed by atoms with Crippen molar-refractivity contribution in [3.8, 4) is 11.5 Å². The fourth-order valence-electron chi connectivity index (χ4n) is 2.35. The second kappa shape index (κ2) is 13.0. The first kappa shape index (κ1) is 24.7. The zero-order chi connectivity index (χ0) is 22.6. The van der Waals surface area contributed by atoms with E-state index in [0.29, 0.717) is 46.7 Å². The van der Waals surface area contributed by atoms with Gasteiger partial charge in [-0.25, -0.2) is 0 Å². The Balaban J connectivity index is 1.67. The monoisotopic (exact) mass is 483 g/mol. The smallest absolute Gasteiger partial charge is 0.257 e. The summed E-state index contributed by atoms with van der Waals surface area (Å²) in [6, 6.07) is 11.7. The molecular weight excluding hydrogens is 461 g/mol.